The van der Waals surface area contributed by atoms with Crippen LogP contribution in [0.25, 0.3) is 0 Å². The maximum absolute atomic E-state index is 6.19. The second kappa shape index (κ2) is 6.46. The van der Waals surface area contributed by atoms with Crippen LogP contribution in [0.2, 0.25) is 0 Å². The van der Waals surface area contributed by atoms with Crippen molar-refractivity contribution in [3.8, 4) is 11.5 Å². The molecule has 4 nitrogen and oxygen atoms in total. The Balaban J connectivity index is 2.43. The highest BCUT2D eigenvalue weighted by Crippen LogP contribution is 2.44. The van der Waals surface area contributed by atoms with Gasteiger partial charge in [0.1, 0.15) is 0 Å². The number of hydrogen-bond acceptors (Lipinski definition) is 4. The molecule has 20 heavy (non-hydrogen) atoms. The SMILES string of the molecule is COc1cccc2c1OCCCC2(CN)CCN(C)C. The zero-order chi connectivity index (χ0) is 14.6. The second-order valence-electron chi connectivity index (χ2n) is 5.83. The predicted octanol–water partition coefficient (Wildman–Crippen LogP) is 2.02. The lowest BCUT2D eigenvalue weighted by atomic mass is 9.74. The molecule has 0 aromatic heterocycles. The molecule has 1 aromatic carbocycles. The van der Waals surface area contributed by atoms with Gasteiger partial charge < -0.3 is 20.1 Å². The molecule has 1 atom stereocenters. The summed E-state index contributed by atoms with van der Waals surface area (Å²) in [5.41, 5.74) is 7.38. The molecule has 0 radical (unpaired) electrons. The Morgan fingerprint density at radius 1 is 1.40 bits per heavy atom. The van der Waals surface area contributed by atoms with E-state index in [-0.39, 0.29) is 5.41 Å². The van der Waals surface area contributed by atoms with E-state index in [0.717, 1.165) is 43.9 Å². The van der Waals surface area contributed by atoms with Gasteiger partial charge in [0.2, 0.25) is 0 Å². The number of nitrogens with two attached hydrogens (primary N) is 1. The number of para-hydroxylation sites is 1. The summed E-state index contributed by atoms with van der Waals surface area (Å²) in [6.07, 6.45) is 3.14. The lowest BCUT2D eigenvalue weighted by molar-refractivity contribution is 0.285. The lowest BCUT2D eigenvalue weighted by Crippen LogP contribution is -2.37. The summed E-state index contributed by atoms with van der Waals surface area (Å²) in [7, 11) is 5.89. The van der Waals surface area contributed by atoms with Crippen molar-refractivity contribution in [3.05, 3.63) is 23.8 Å². The Morgan fingerprint density at radius 2 is 2.20 bits per heavy atom. The third kappa shape index (κ3) is 2.91. The van der Waals surface area contributed by atoms with Crippen LogP contribution in [0.4, 0.5) is 0 Å². The fourth-order valence-corrected chi connectivity index (χ4v) is 2.97. The van der Waals surface area contributed by atoms with E-state index in [2.05, 4.69) is 25.1 Å². The Bertz CT molecular complexity index is 448. The van der Waals surface area contributed by atoms with Crippen molar-refractivity contribution >= 4 is 0 Å². The summed E-state index contributed by atoms with van der Waals surface area (Å²) in [5.74, 6) is 1.70. The molecule has 1 unspecified atom stereocenters. The number of methoxy groups -OCH3 is 1. The number of fused-ring (bicyclic) bond motifs is 1. The van der Waals surface area contributed by atoms with E-state index in [1.54, 1.807) is 7.11 Å². The monoisotopic (exact) mass is 278 g/mol. The van der Waals surface area contributed by atoms with Crippen LogP contribution in [0.5, 0.6) is 11.5 Å². The van der Waals surface area contributed by atoms with Gasteiger partial charge in [-0.3, -0.25) is 0 Å². The minimum atomic E-state index is -0.00928. The van der Waals surface area contributed by atoms with E-state index in [1.807, 2.05) is 12.1 Å². The van der Waals surface area contributed by atoms with Gasteiger partial charge in [-0.2, -0.15) is 0 Å². The largest absolute Gasteiger partial charge is 0.493 e. The van der Waals surface area contributed by atoms with Gasteiger partial charge in [-0.05, 0) is 46.0 Å². The van der Waals surface area contributed by atoms with E-state index in [1.165, 1.54) is 5.56 Å². The number of rotatable bonds is 5. The average molecular weight is 278 g/mol. The van der Waals surface area contributed by atoms with Crippen molar-refractivity contribution in [2.45, 2.75) is 24.7 Å². The van der Waals surface area contributed by atoms with E-state index in [9.17, 15) is 0 Å². The highest BCUT2D eigenvalue weighted by molar-refractivity contribution is 5.51. The first-order valence-corrected chi connectivity index (χ1v) is 7.28. The van der Waals surface area contributed by atoms with Crippen LogP contribution >= 0.6 is 0 Å². The van der Waals surface area contributed by atoms with Crippen molar-refractivity contribution in [3.63, 3.8) is 0 Å². The smallest absolute Gasteiger partial charge is 0.164 e. The topological polar surface area (TPSA) is 47.7 Å². The predicted molar refractivity (Wildman–Crippen MR) is 81.6 cm³/mol. The zero-order valence-corrected chi connectivity index (χ0v) is 12.8. The van der Waals surface area contributed by atoms with E-state index < -0.39 is 0 Å². The molecule has 2 N–H and O–H groups in total. The van der Waals surface area contributed by atoms with Crippen molar-refractivity contribution in [2.75, 3.05) is 40.9 Å². The van der Waals surface area contributed by atoms with E-state index >= 15 is 0 Å². The Hall–Kier alpha value is -1.26. The normalized spacial score (nSPS) is 22.1. The third-order valence-corrected chi connectivity index (χ3v) is 4.24. The standard InChI is InChI=1S/C16H26N2O2/c1-18(2)10-9-16(12-17)8-5-11-20-15-13(16)6-4-7-14(15)19-3/h4,6-7H,5,8-12,17H2,1-3H3. The summed E-state index contributed by atoms with van der Waals surface area (Å²) in [6.45, 7) is 2.40. The van der Waals surface area contributed by atoms with Gasteiger partial charge in [0.15, 0.2) is 11.5 Å². The van der Waals surface area contributed by atoms with E-state index in [0.29, 0.717) is 6.54 Å². The second-order valence-corrected chi connectivity index (χ2v) is 5.83. The minimum absolute atomic E-state index is 0.00928. The number of benzene rings is 1. The van der Waals surface area contributed by atoms with Gasteiger partial charge in [-0.15, -0.1) is 0 Å². The van der Waals surface area contributed by atoms with Gasteiger partial charge in [-0.25, -0.2) is 0 Å². The highest BCUT2D eigenvalue weighted by atomic mass is 16.5. The maximum Gasteiger partial charge on any atom is 0.164 e. The molecule has 1 heterocycles. The van der Waals surface area contributed by atoms with Crippen LogP contribution in [-0.4, -0.2) is 45.8 Å². The molecular formula is C16H26N2O2. The molecule has 0 amide bonds. The van der Waals surface area contributed by atoms with Gasteiger partial charge in [0.05, 0.1) is 13.7 Å². The molecule has 0 spiro atoms. The molecule has 0 aliphatic carbocycles. The van der Waals surface area contributed by atoms with Crippen LogP contribution in [-0.2, 0) is 5.41 Å². The summed E-state index contributed by atoms with van der Waals surface area (Å²) >= 11 is 0. The Morgan fingerprint density at radius 3 is 2.85 bits per heavy atom. The fourth-order valence-electron chi connectivity index (χ4n) is 2.97. The first-order chi connectivity index (χ1) is 9.63. The van der Waals surface area contributed by atoms with Crippen LogP contribution in [0.1, 0.15) is 24.8 Å². The summed E-state index contributed by atoms with van der Waals surface area (Å²) < 4.78 is 11.4. The van der Waals surface area contributed by atoms with Crippen molar-refractivity contribution < 1.29 is 9.47 Å². The number of hydrogen-bond donors (Lipinski definition) is 1. The molecule has 0 bridgehead atoms. The van der Waals surface area contributed by atoms with Crippen LogP contribution in [0.3, 0.4) is 0 Å². The lowest BCUT2D eigenvalue weighted by Gasteiger charge is -2.34. The van der Waals surface area contributed by atoms with Crippen molar-refractivity contribution in [1.29, 1.82) is 0 Å². The van der Waals surface area contributed by atoms with Gasteiger partial charge >= 0.3 is 0 Å². The molecule has 2 rings (SSSR count). The molecule has 1 aliphatic heterocycles. The first-order valence-electron chi connectivity index (χ1n) is 7.28. The fraction of sp³-hybridized carbons (Fsp3) is 0.625. The van der Waals surface area contributed by atoms with Gasteiger partial charge in [0.25, 0.3) is 0 Å². The van der Waals surface area contributed by atoms with Gasteiger partial charge in [0, 0.05) is 17.5 Å². The zero-order valence-electron chi connectivity index (χ0n) is 12.8. The average Bonchev–Trinajstić information content (AvgIpc) is 2.65. The molecule has 0 fully saturated rings. The molecule has 112 valence electrons. The summed E-state index contributed by atoms with van der Waals surface area (Å²) in [4.78, 5) is 2.21. The molecule has 4 heteroatoms. The highest BCUT2D eigenvalue weighted by Gasteiger charge is 2.36. The quantitative estimate of drug-likeness (QED) is 0.895. The van der Waals surface area contributed by atoms with E-state index in [4.69, 9.17) is 15.2 Å². The van der Waals surface area contributed by atoms with Crippen molar-refractivity contribution in [1.82, 2.24) is 4.90 Å². The Labute approximate surface area is 121 Å². The maximum atomic E-state index is 6.19. The van der Waals surface area contributed by atoms with Crippen LogP contribution < -0.4 is 15.2 Å². The van der Waals surface area contributed by atoms with Crippen molar-refractivity contribution in [2.24, 2.45) is 5.73 Å². The Kier molecular flexibility index (Phi) is 4.89. The molecule has 0 saturated heterocycles. The molecule has 0 saturated carbocycles. The van der Waals surface area contributed by atoms with Crippen LogP contribution in [0.15, 0.2) is 18.2 Å². The first kappa shape index (κ1) is 15.1. The summed E-state index contributed by atoms with van der Waals surface area (Å²) in [6, 6.07) is 6.13. The molecule has 1 aliphatic rings. The number of nitrogens with zero attached hydrogens (tertiary/aromatic N) is 1. The third-order valence-electron chi connectivity index (χ3n) is 4.24. The van der Waals surface area contributed by atoms with Gasteiger partial charge in [-0.1, -0.05) is 12.1 Å². The van der Waals surface area contributed by atoms with Crippen LogP contribution in [0, 0.1) is 0 Å². The molecule has 1 aromatic rings. The minimum Gasteiger partial charge on any atom is -0.493 e. The number of ether oxygens (including phenoxy) is 2. The summed E-state index contributed by atoms with van der Waals surface area (Å²) in [5, 5.41) is 0. The molecular weight excluding hydrogens is 252 g/mol.